The number of aromatic carboxylic acids is 1. The van der Waals surface area contributed by atoms with Gasteiger partial charge in [-0.15, -0.1) is 11.3 Å². The average molecular weight is 411 g/mol. The number of fused-ring (bicyclic) bond motifs is 2. The lowest BCUT2D eigenvalue weighted by atomic mass is 9.88. The fourth-order valence-corrected chi connectivity index (χ4v) is 4.97. The maximum atomic E-state index is 13.4. The highest BCUT2D eigenvalue weighted by Crippen LogP contribution is 2.50. The second-order valence-corrected chi connectivity index (χ2v) is 7.83. The molecular formula is C21H14FNO5S. The van der Waals surface area contributed by atoms with Crippen molar-refractivity contribution in [3.05, 3.63) is 63.6 Å². The summed E-state index contributed by atoms with van der Waals surface area (Å²) in [6.07, 6.45) is 0.190. The molecule has 146 valence electrons. The van der Waals surface area contributed by atoms with E-state index in [1.807, 2.05) is 12.1 Å². The Morgan fingerprint density at radius 3 is 2.66 bits per heavy atom. The van der Waals surface area contributed by atoms with Crippen LogP contribution >= 0.6 is 11.3 Å². The molecule has 2 N–H and O–H groups in total. The van der Waals surface area contributed by atoms with Crippen LogP contribution in [-0.4, -0.2) is 23.8 Å². The van der Waals surface area contributed by atoms with Gasteiger partial charge in [0, 0.05) is 22.8 Å². The number of benzene rings is 2. The van der Waals surface area contributed by atoms with Crippen LogP contribution in [0.15, 0.2) is 42.5 Å². The summed E-state index contributed by atoms with van der Waals surface area (Å²) >= 11 is 1.13. The van der Waals surface area contributed by atoms with Gasteiger partial charge in [0.2, 0.25) is 12.7 Å². The molecule has 0 bridgehead atoms. The van der Waals surface area contributed by atoms with Crippen molar-refractivity contribution < 1.29 is 28.6 Å². The highest BCUT2D eigenvalue weighted by atomic mass is 32.1. The lowest BCUT2D eigenvalue weighted by Gasteiger charge is -2.24. The Morgan fingerprint density at radius 2 is 1.90 bits per heavy atom. The van der Waals surface area contributed by atoms with Crippen LogP contribution in [0.4, 0.5) is 10.1 Å². The minimum atomic E-state index is -1.09. The number of carbonyl (C=O) groups excluding carboxylic acids is 1. The van der Waals surface area contributed by atoms with Gasteiger partial charge in [0.15, 0.2) is 11.5 Å². The predicted molar refractivity (Wildman–Crippen MR) is 104 cm³/mol. The summed E-state index contributed by atoms with van der Waals surface area (Å²) in [5, 5.41) is 12.6. The van der Waals surface area contributed by atoms with Crippen LogP contribution in [-0.2, 0) is 4.79 Å². The normalized spacial score (nSPS) is 17.0. The molecule has 1 aromatic heterocycles. The van der Waals surface area contributed by atoms with Crippen LogP contribution in [0.2, 0.25) is 0 Å². The highest BCUT2D eigenvalue weighted by Gasteiger charge is 2.35. The highest BCUT2D eigenvalue weighted by molar-refractivity contribution is 7.15. The summed E-state index contributed by atoms with van der Waals surface area (Å²) in [5.74, 6) is -0.800. The monoisotopic (exact) mass is 411 g/mol. The third-order valence-electron chi connectivity index (χ3n) is 5.03. The summed E-state index contributed by atoms with van der Waals surface area (Å²) in [6, 6.07) is 11.0. The Labute approximate surface area is 168 Å². The van der Waals surface area contributed by atoms with Crippen molar-refractivity contribution in [2.45, 2.75) is 12.3 Å². The van der Waals surface area contributed by atoms with Gasteiger partial charge in [-0.3, -0.25) is 4.79 Å². The summed E-state index contributed by atoms with van der Waals surface area (Å²) in [6.45, 7) is 0.145. The molecule has 0 aliphatic carbocycles. The van der Waals surface area contributed by atoms with Gasteiger partial charge in [-0.05, 0) is 35.4 Å². The van der Waals surface area contributed by atoms with E-state index in [1.54, 1.807) is 6.07 Å². The number of thiophene rings is 1. The van der Waals surface area contributed by atoms with Gasteiger partial charge in [0.05, 0.1) is 5.69 Å². The standard InChI is InChI=1S/C21H14FNO5S/c22-12-4-1-10(2-5-12)17-18-19(29-20(17)21(25)26)13(8-16(24)23-18)11-3-6-14-15(7-11)28-9-27-14/h1-7,13H,8-9H2,(H,23,24)(H,25,26). The van der Waals surface area contributed by atoms with Gasteiger partial charge in [0.25, 0.3) is 0 Å². The number of carbonyl (C=O) groups is 2. The number of halogens is 1. The summed E-state index contributed by atoms with van der Waals surface area (Å²) in [4.78, 5) is 25.3. The van der Waals surface area contributed by atoms with Crippen molar-refractivity contribution >= 4 is 28.9 Å². The van der Waals surface area contributed by atoms with E-state index in [9.17, 15) is 19.1 Å². The van der Waals surface area contributed by atoms with E-state index in [0.29, 0.717) is 28.3 Å². The molecule has 0 radical (unpaired) electrons. The SMILES string of the molecule is O=C1CC(c2ccc3c(c2)OCO3)c2sc(C(=O)O)c(-c3ccc(F)cc3)c2N1. The lowest BCUT2D eigenvalue weighted by molar-refractivity contribution is -0.116. The quantitative estimate of drug-likeness (QED) is 0.665. The fraction of sp³-hybridized carbons (Fsp3) is 0.143. The van der Waals surface area contributed by atoms with E-state index in [-0.39, 0.29) is 29.9 Å². The van der Waals surface area contributed by atoms with Gasteiger partial charge in [-0.25, -0.2) is 9.18 Å². The second kappa shape index (κ2) is 6.59. The van der Waals surface area contributed by atoms with Gasteiger partial charge >= 0.3 is 5.97 Å². The zero-order valence-corrected chi connectivity index (χ0v) is 15.7. The van der Waals surface area contributed by atoms with E-state index >= 15 is 0 Å². The number of rotatable bonds is 3. The number of carboxylic acid groups (broad SMARTS) is 1. The molecule has 1 unspecified atom stereocenters. The topological polar surface area (TPSA) is 84.9 Å². The number of amides is 1. The molecule has 3 aromatic rings. The van der Waals surface area contributed by atoms with Crippen molar-refractivity contribution in [3.63, 3.8) is 0 Å². The molecule has 0 spiro atoms. The first kappa shape index (κ1) is 17.7. The Morgan fingerprint density at radius 1 is 1.14 bits per heavy atom. The number of nitrogens with one attached hydrogen (secondary N) is 1. The summed E-state index contributed by atoms with van der Waals surface area (Å²) in [7, 11) is 0. The molecule has 2 aliphatic rings. The molecule has 5 rings (SSSR count). The first-order valence-corrected chi connectivity index (χ1v) is 9.68. The molecule has 3 heterocycles. The number of hydrogen-bond donors (Lipinski definition) is 2. The Bertz CT molecular complexity index is 1150. The van der Waals surface area contributed by atoms with E-state index < -0.39 is 11.8 Å². The summed E-state index contributed by atoms with van der Waals surface area (Å²) < 4.78 is 24.2. The van der Waals surface area contributed by atoms with Crippen LogP contribution < -0.4 is 14.8 Å². The number of hydrogen-bond acceptors (Lipinski definition) is 5. The Balaban J connectivity index is 1.68. The van der Waals surface area contributed by atoms with Crippen LogP contribution in [0.1, 0.15) is 32.5 Å². The summed E-state index contributed by atoms with van der Waals surface area (Å²) in [5.41, 5.74) is 2.25. The fourth-order valence-electron chi connectivity index (χ4n) is 3.73. The first-order valence-electron chi connectivity index (χ1n) is 8.86. The van der Waals surface area contributed by atoms with Gasteiger partial charge < -0.3 is 19.9 Å². The zero-order chi connectivity index (χ0) is 20.1. The Kier molecular flexibility index (Phi) is 4.02. The van der Waals surface area contributed by atoms with Gasteiger partial charge in [-0.2, -0.15) is 0 Å². The van der Waals surface area contributed by atoms with Crippen LogP contribution in [0.25, 0.3) is 11.1 Å². The van der Waals surface area contributed by atoms with Gasteiger partial charge in [0.1, 0.15) is 10.7 Å². The third kappa shape index (κ3) is 2.92. The second-order valence-electron chi connectivity index (χ2n) is 6.78. The minimum Gasteiger partial charge on any atom is -0.477 e. The van der Waals surface area contributed by atoms with Gasteiger partial charge in [-0.1, -0.05) is 18.2 Å². The van der Waals surface area contributed by atoms with Crippen molar-refractivity contribution in [2.24, 2.45) is 0 Å². The van der Waals surface area contributed by atoms with Crippen LogP contribution in [0, 0.1) is 5.82 Å². The molecule has 0 saturated heterocycles. The molecule has 29 heavy (non-hydrogen) atoms. The largest absolute Gasteiger partial charge is 0.477 e. The molecule has 6 nitrogen and oxygen atoms in total. The molecule has 2 aliphatic heterocycles. The average Bonchev–Trinajstić information content (AvgIpc) is 3.32. The van der Waals surface area contributed by atoms with Crippen LogP contribution in [0.3, 0.4) is 0 Å². The smallest absolute Gasteiger partial charge is 0.346 e. The number of ether oxygens (including phenoxy) is 2. The van der Waals surface area contributed by atoms with Crippen molar-refractivity contribution in [1.29, 1.82) is 0 Å². The molecular weight excluding hydrogens is 397 g/mol. The number of carboxylic acids is 1. The van der Waals surface area contributed by atoms with E-state index in [4.69, 9.17) is 9.47 Å². The third-order valence-corrected chi connectivity index (χ3v) is 6.32. The lowest BCUT2D eigenvalue weighted by Crippen LogP contribution is -2.22. The van der Waals surface area contributed by atoms with Crippen molar-refractivity contribution in [3.8, 4) is 22.6 Å². The minimum absolute atomic E-state index is 0.106. The first-order chi connectivity index (χ1) is 14.0. The van der Waals surface area contributed by atoms with Crippen molar-refractivity contribution in [1.82, 2.24) is 0 Å². The van der Waals surface area contributed by atoms with E-state index in [0.717, 1.165) is 21.8 Å². The van der Waals surface area contributed by atoms with Crippen molar-refractivity contribution in [2.75, 3.05) is 12.1 Å². The molecule has 8 heteroatoms. The Hall–Kier alpha value is -3.39. The molecule has 0 fully saturated rings. The molecule has 0 saturated carbocycles. The molecule has 1 atom stereocenters. The number of anilines is 1. The van der Waals surface area contributed by atoms with E-state index in [1.165, 1.54) is 24.3 Å². The maximum Gasteiger partial charge on any atom is 0.346 e. The van der Waals surface area contributed by atoms with E-state index in [2.05, 4.69) is 5.32 Å². The molecule has 1 amide bonds. The predicted octanol–water partition coefficient (Wildman–Crippen LogP) is 4.46. The molecule has 2 aromatic carbocycles. The zero-order valence-electron chi connectivity index (χ0n) is 14.9. The maximum absolute atomic E-state index is 13.4. The van der Waals surface area contributed by atoms with Crippen LogP contribution in [0.5, 0.6) is 11.5 Å².